The van der Waals surface area contributed by atoms with E-state index in [4.69, 9.17) is 5.11 Å². The molecule has 5 heteroatoms. The molecule has 1 atom stereocenters. The van der Waals surface area contributed by atoms with Crippen LogP contribution in [-0.4, -0.2) is 18.8 Å². The molecule has 0 aliphatic rings. The highest BCUT2D eigenvalue weighted by Crippen LogP contribution is 2.21. The molecule has 0 spiro atoms. The number of halogens is 3. The molecule has 0 heterocycles. The van der Waals surface area contributed by atoms with Gasteiger partial charge in [0.2, 0.25) is 0 Å². The number of hydrogen-bond donors (Lipinski definition) is 2. The van der Waals surface area contributed by atoms with Gasteiger partial charge in [-0.3, -0.25) is 0 Å². The van der Waals surface area contributed by atoms with Crippen molar-refractivity contribution in [3.63, 3.8) is 0 Å². The monoisotopic (exact) mass is 313 g/mol. The maximum Gasteiger partial charge on any atom is 0.139 e. The first-order chi connectivity index (χ1) is 6.60. The van der Waals surface area contributed by atoms with E-state index in [0.717, 1.165) is 0 Å². The van der Waals surface area contributed by atoms with Crippen molar-refractivity contribution in [2.45, 2.75) is 6.04 Å². The second-order valence-electron chi connectivity index (χ2n) is 2.82. The van der Waals surface area contributed by atoms with E-state index in [1.807, 2.05) is 0 Å². The third kappa shape index (κ3) is 2.40. The fraction of sp³-hybridized carbons (Fsp3) is 0.333. The van der Waals surface area contributed by atoms with Gasteiger partial charge >= 0.3 is 0 Å². The van der Waals surface area contributed by atoms with Gasteiger partial charge < -0.3 is 10.4 Å². The van der Waals surface area contributed by atoms with Crippen molar-refractivity contribution in [1.29, 1.82) is 0 Å². The van der Waals surface area contributed by atoms with Gasteiger partial charge in [-0.25, -0.2) is 8.78 Å². The number of aliphatic hydroxyl groups excluding tert-OH is 1. The van der Waals surface area contributed by atoms with Crippen LogP contribution in [0.5, 0.6) is 0 Å². The van der Waals surface area contributed by atoms with Gasteiger partial charge in [-0.1, -0.05) is 0 Å². The molecule has 1 rings (SSSR count). The highest BCUT2D eigenvalue weighted by Gasteiger charge is 2.13. The summed E-state index contributed by atoms with van der Waals surface area (Å²) < 4.78 is 26.2. The average Bonchev–Trinajstić information content (AvgIpc) is 2.16. The first-order valence-corrected chi connectivity index (χ1v) is 5.10. The van der Waals surface area contributed by atoms with E-state index in [1.54, 1.807) is 29.6 Å². The second kappa shape index (κ2) is 4.99. The molecule has 1 aromatic carbocycles. The molecule has 0 fully saturated rings. The topological polar surface area (TPSA) is 32.3 Å². The number of nitrogens with one attached hydrogen (secondary N) is 1. The van der Waals surface area contributed by atoms with Crippen LogP contribution in [0.25, 0.3) is 0 Å². The maximum absolute atomic E-state index is 13.1. The zero-order valence-corrected chi connectivity index (χ0v) is 9.68. The maximum atomic E-state index is 13.1. The summed E-state index contributed by atoms with van der Waals surface area (Å²) in [5.41, 5.74) is 0.408. The molecule has 2 nitrogen and oxygen atoms in total. The van der Waals surface area contributed by atoms with Crippen LogP contribution in [0.15, 0.2) is 12.1 Å². The summed E-state index contributed by atoms with van der Waals surface area (Å²) in [6, 6.07) is 2.01. The normalized spacial score (nSPS) is 12.9. The predicted octanol–water partition coefficient (Wildman–Crippen LogP) is 1.82. The van der Waals surface area contributed by atoms with Crippen LogP contribution in [-0.2, 0) is 0 Å². The lowest BCUT2D eigenvalue weighted by molar-refractivity contribution is 0.250. The first-order valence-electron chi connectivity index (χ1n) is 4.02. The van der Waals surface area contributed by atoms with E-state index in [0.29, 0.717) is 5.56 Å². The molecule has 78 valence electrons. The first kappa shape index (κ1) is 11.8. The number of rotatable bonds is 3. The fourth-order valence-electron chi connectivity index (χ4n) is 1.14. The second-order valence-corrected chi connectivity index (χ2v) is 3.90. The van der Waals surface area contributed by atoms with E-state index in [-0.39, 0.29) is 10.2 Å². The van der Waals surface area contributed by atoms with Crippen molar-refractivity contribution in [2.24, 2.45) is 0 Å². The summed E-state index contributed by atoms with van der Waals surface area (Å²) in [6.07, 6.45) is 0. The Morgan fingerprint density at radius 1 is 1.43 bits per heavy atom. The molecule has 0 bridgehead atoms. The van der Waals surface area contributed by atoms with Gasteiger partial charge in [0, 0.05) is 0 Å². The molecule has 0 aliphatic heterocycles. The third-order valence-corrected chi connectivity index (χ3v) is 2.97. The largest absolute Gasteiger partial charge is 0.394 e. The molecule has 0 saturated carbocycles. The fourth-order valence-corrected chi connectivity index (χ4v) is 1.45. The van der Waals surface area contributed by atoms with Crippen molar-refractivity contribution in [3.8, 4) is 0 Å². The Hall–Kier alpha value is -0.270. The van der Waals surface area contributed by atoms with Gasteiger partial charge in [0.15, 0.2) is 0 Å². The van der Waals surface area contributed by atoms with Crippen LogP contribution in [0.1, 0.15) is 11.6 Å². The van der Waals surface area contributed by atoms with E-state index < -0.39 is 17.7 Å². The lowest BCUT2D eigenvalue weighted by atomic mass is 10.1. The molecule has 0 radical (unpaired) electrons. The summed E-state index contributed by atoms with van der Waals surface area (Å²) in [5, 5.41) is 11.7. The summed E-state index contributed by atoms with van der Waals surface area (Å²) in [4.78, 5) is 0. The SMILES string of the molecule is CN[C@H](CO)c1cc(F)c(I)c(F)c1. The van der Waals surface area contributed by atoms with Crippen LogP contribution in [0.2, 0.25) is 0 Å². The van der Waals surface area contributed by atoms with E-state index in [1.165, 1.54) is 12.1 Å². The Kier molecular flexibility index (Phi) is 4.21. The number of benzene rings is 1. The molecule has 0 aromatic heterocycles. The third-order valence-electron chi connectivity index (χ3n) is 1.94. The van der Waals surface area contributed by atoms with Crippen LogP contribution < -0.4 is 5.32 Å². The van der Waals surface area contributed by atoms with Gasteiger partial charge in [0.1, 0.15) is 11.6 Å². The Morgan fingerprint density at radius 3 is 2.29 bits per heavy atom. The van der Waals surface area contributed by atoms with E-state index >= 15 is 0 Å². The Bertz CT molecular complexity index is 306. The molecule has 0 aliphatic carbocycles. The smallest absolute Gasteiger partial charge is 0.139 e. The Labute approximate surface area is 94.5 Å². The standard InChI is InChI=1S/C9H10F2INO/c1-13-8(4-14)5-2-6(10)9(12)7(11)3-5/h2-3,8,13-14H,4H2,1H3/t8-/m1/s1. The quantitative estimate of drug-likeness (QED) is 0.659. The minimum Gasteiger partial charge on any atom is -0.394 e. The summed E-state index contributed by atoms with van der Waals surface area (Å²) in [5.74, 6) is -1.20. The van der Waals surface area contributed by atoms with E-state index in [2.05, 4.69) is 5.32 Å². The van der Waals surface area contributed by atoms with Gasteiger partial charge in [0.25, 0.3) is 0 Å². The van der Waals surface area contributed by atoms with Gasteiger partial charge in [-0.2, -0.15) is 0 Å². The Morgan fingerprint density at radius 2 is 1.93 bits per heavy atom. The molecule has 2 N–H and O–H groups in total. The Balaban J connectivity index is 3.11. The van der Waals surface area contributed by atoms with Crippen molar-refractivity contribution in [3.05, 3.63) is 32.9 Å². The zero-order valence-electron chi connectivity index (χ0n) is 7.52. The summed E-state index contributed by atoms with van der Waals surface area (Å²) in [7, 11) is 1.62. The van der Waals surface area contributed by atoms with Crippen molar-refractivity contribution in [2.75, 3.05) is 13.7 Å². The minimum absolute atomic E-state index is 0.0286. The van der Waals surface area contributed by atoms with Crippen LogP contribution in [0, 0.1) is 15.2 Å². The molecular formula is C9H10F2INO. The minimum atomic E-state index is -0.603. The van der Waals surface area contributed by atoms with Crippen molar-refractivity contribution >= 4 is 22.6 Å². The molecule has 0 saturated heterocycles. The molecule has 1 aromatic rings. The highest BCUT2D eigenvalue weighted by molar-refractivity contribution is 14.1. The van der Waals surface area contributed by atoms with Gasteiger partial charge in [-0.05, 0) is 47.3 Å². The lowest BCUT2D eigenvalue weighted by Crippen LogP contribution is -2.20. The van der Waals surface area contributed by atoms with Crippen LogP contribution in [0.3, 0.4) is 0 Å². The average molecular weight is 313 g/mol. The van der Waals surface area contributed by atoms with Crippen LogP contribution >= 0.6 is 22.6 Å². The highest BCUT2D eigenvalue weighted by atomic mass is 127. The molecular weight excluding hydrogens is 303 g/mol. The summed E-state index contributed by atoms with van der Waals surface area (Å²) >= 11 is 1.60. The van der Waals surface area contributed by atoms with Crippen LogP contribution in [0.4, 0.5) is 8.78 Å². The molecule has 14 heavy (non-hydrogen) atoms. The molecule has 0 amide bonds. The van der Waals surface area contributed by atoms with Gasteiger partial charge in [-0.15, -0.1) is 0 Å². The predicted molar refractivity (Wildman–Crippen MR) is 58.0 cm³/mol. The lowest BCUT2D eigenvalue weighted by Gasteiger charge is -2.14. The zero-order chi connectivity index (χ0) is 10.7. The van der Waals surface area contributed by atoms with Crippen molar-refractivity contribution < 1.29 is 13.9 Å². The number of hydrogen-bond acceptors (Lipinski definition) is 2. The number of likely N-dealkylation sites (N-methyl/N-ethyl adjacent to an activating group) is 1. The molecule has 0 unspecified atom stereocenters. The van der Waals surface area contributed by atoms with Gasteiger partial charge in [0.05, 0.1) is 16.2 Å². The van der Waals surface area contributed by atoms with E-state index in [9.17, 15) is 8.78 Å². The number of aliphatic hydroxyl groups is 1. The summed E-state index contributed by atoms with van der Waals surface area (Å²) in [6.45, 7) is -0.198. The van der Waals surface area contributed by atoms with Crippen molar-refractivity contribution in [1.82, 2.24) is 5.32 Å².